The molecule has 1 fully saturated rings. The first kappa shape index (κ1) is 18.2. The quantitative estimate of drug-likeness (QED) is 0.626. The smallest absolute Gasteiger partial charge is 0.246 e. The summed E-state index contributed by atoms with van der Waals surface area (Å²) in [6.45, 7) is 1.35. The standard InChI is InChI=1S/C21H20FN3O3/c22-18-8-2-1-7-17(18)21-23-19(28-24-21)13-15-5-3-11-25(14-15)20(26)10-9-16-6-4-12-27-16/h1-2,4,6-10,12,15H,3,5,11,13-14H2/b10-9+. The Morgan fingerprint density at radius 1 is 1.29 bits per heavy atom. The van der Waals surface area contributed by atoms with E-state index in [0.717, 1.165) is 19.4 Å². The number of hydrogen-bond acceptors (Lipinski definition) is 5. The van der Waals surface area contributed by atoms with E-state index in [2.05, 4.69) is 10.1 Å². The van der Waals surface area contributed by atoms with Gasteiger partial charge in [0.2, 0.25) is 17.6 Å². The van der Waals surface area contributed by atoms with Crippen molar-refractivity contribution in [2.75, 3.05) is 13.1 Å². The number of halogens is 1. The van der Waals surface area contributed by atoms with E-state index in [1.807, 2.05) is 4.90 Å². The maximum atomic E-state index is 13.9. The molecule has 1 amide bonds. The minimum Gasteiger partial charge on any atom is -0.465 e. The average molecular weight is 381 g/mol. The van der Waals surface area contributed by atoms with Gasteiger partial charge in [0.25, 0.3) is 0 Å². The van der Waals surface area contributed by atoms with Crippen LogP contribution in [0.25, 0.3) is 17.5 Å². The topological polar surface area (TPSA) is 72.4 Å². The van der Waals surface area contributed by atoms with Crippen molar-refractivity contribution in [1.29, 1.82) is 0 Å². The molecule has 1 aliphatic rings. The minimum absolute atomic E-state index is 0.0429. The second kappa shape index (κ2) is 8.21. The Morgan fingerprint density at radius 2 is 2.18 bits per heavy atom. The summed E-state index contributed by atoms with van der Waals surface area (Å²) in [4.78, 5) is 18.6. The molecule has 1 unspecified atom stereocenters. The Bertz CT molecular complexity index is 965. The number of benzene rings is 1. The third kappa shape index (κ3) is 4.19. The molecule has 1 saturated heterocycles. The number of nitrogens with zero attached hydrogens (tertiary/aromatic N) is 3. The molecule has 0 saturated carbocycles. The van der Waals surface area contributed by atoms with Gasteiger partial charge < -0.3 is 13.8 Å². The molecule has 144 valence electrons. The molecule has 0 N–H and O–H groups in total. The number of furan rings is 1. The largest absolute Gasteiger partial charge is 0.465 e. The molecule has 1 aliphatic heterocycles. The highest BCUT2D eigenvalue weighted by Crippen LogP contribution is 2.23. The molecule has 4 rings (SSSR count). The summed E-state index contributed by atoms with van der Waals surface area (Å²) in [5.41, 5.74) is 0.320. The Hall–Kier alpha value is -3.22. The molecule has 1 aromatic carbocycles. The van der Waals surface area contributed by atoms with Crippen molar-refractivity contribution >= 4 is 12.0 Å². The number of carbonyl (C=O) groups excluding carboxylic acids is 1. The average Bonchev–Trinajstić information content (AvgIpc) is 3.39. The van der Waals surface area contributed by atoms with Crippen LogP contribution in [0.1, 0.15) is 24.5 Å². The number of carbonyl (C=O) groups is 1. The zero-order valence-electron chi connectivity index (χ0n) is 15.3. The van der Waals surface area contributed by atoms with Gasteiger partial charge in [0.1, 0.15) is 11.6 Å². The lowest BCUT2D eigenvalue weighted by Crippen LogP contribution is -2.39. The Labute approximate surface area is 161 Å². The molecule has 0 spiro atoms. The SMILES string of the molecule is O=C(/C=C/c1ccco1)N1CCCC(Cc2nc(-c3ccccc3F)no2)C1. The predicted octanol–water partition coefficient (Wildman–Crippen LogP) is 3.96. The van der Waals surface area contributed by atoms with Crippen LogP contribution in [0.15, 0.2) is 57.7 Å². The number of aromatic nitrogens is 2. The van der Waals surface area contributed by atoms with E-state index in [1.54, 1.807) is 42.7 Å². The fourth-order valence-electron chi connectivity index (χ4n) is 3.41. The molecule has 6 nitrogen and oxygen atoms in total. The third-order valence-electron chi connectivity index (χ3n) is 4.81. The van der Waals surface area contributed by atoms with Crippen molar-refractivity contribution in [2.45, 2.75) is 19.3 Å². The van der Waals surface area contributed by atoms with E-state index in [1.165, 1.54) is 12.1 Å². The second-order valence-electron chi connectivity index (χ2n) is 6.84. The first-order chi connectivity index (χ1) is 13.7. The number of rotatable bonds is 5. The van der Waals surface area contributed by atoms with Crippen LogP contribution in [0.3, 0.4) is 0 Å². The van der Waals surface area contributed by atoms with Gasteiger partial charge in [0, 0.05) is 25.6 Å². The second-order valence-corrected chi connectivity index (χ2v) is 6.84. The zero-order valence-corrected chi connectivity index (χ0v) is 15.3. The van der Waals surface area contributed by atoms with Crippen molar-refractivity contribution in [3.8, 4) is 11.4 Å². The highest BCUT2D eigenvalue weighted by atomic mass is 19.1. The van der Waals surface area contributed by atoms with Gasteiger partial charge in [-0.25, -0.2) is 4.39 Å². The van der Waals surface area contributed by atoms with E-state index in [-0.39, 0.29) is 23.5 Å². The number of hydrogen-bond donors (Lipinski definition) is 0. The van der Waals surface area contributed by atoms with Crippen molar-refractivity contribution in [2.24, 2.45) is 5.92 Å². The van der Waals surface area contributed by atoms with Crippen LogP contribution < -0.4 is 0 Å². The molecular weight excluding hydrogens is 361 g/mol. The monoisotopic (exact) mass is 381 g/mol. The van der Waals surface area contributed by atoms with Crippen molar-refractivity contribution in [3.05, 3.63) is 66.2 Å². The maximum Gasteiger partial charge on any atom is 0.246 e. The Balaban J connectivity index is 1.38. The number of amides is 1. The Kier molecular flexibility index (Phi) is 5.32. The van der Waals surface area contributed by atoms with Gasteiger partial charge in [0.05, 0.1) is 11.8 Å². The fraction of sp³-hybridized carbons (Fsp3) is 0.286. The summed E-state index contributed by atoms with van der Waals surface area (Å²) in [5.74, 6) is 1.16. The first-order valence-corrected chi connectivity index (χ1v) is 9.27. The van der Waals surface area contributed by atoms with Crippen LogP contribution in [-0.4, -0.2) is 34.0 Å². The first-order valence-electron chi connectivity index (χ1n) is 9.27. The van der Waals surface area contributed by atoms with Crippen molar-refractivity contribution < 1.29 is 18.1 Å². The molecule has 7 heteroatoms. The summed E-state index contributed by atoms with van der Waals surface area (Å²) in [6, 6.07) is 9.91. The Morgan fingerprint density at radius 3 is 3.00 bits per heavy atom. The molecule has 1 atom stereocenters. The number of piperidine rings is 1. The van der Waals surface area contributed by atoms with Gasteiger partial charge in [-0.05, 0) is 49.1 Å². The lowest BCUT2D eigenvalue weighted by Gasteiger charge is -2.31. The summed E-state index contributed by atoms with van der Waals surface area (Å²) in [7, 11) is 0. The van der Waals surface area contributed by atoms with Crippen molar-refractivity contribution in [1.82, 2.24) is 15.0 Å². The maximum absolute atomic E-state index is 13.9. The molecule has 28 heavy (non-hydrogen) atoms. The fourth-order valence-corrected chi connectivity index (χ4v) is 3.41. The highest BCUT2D eigenvalue weighted by Gasteiger charge is 2.25. The van der Waals surface area contributed by atoms with E-state index in [0.29, 0.717) is 30.2 Å². The highest BCUT2D eigenvalue weighted by molar-refractivity contribution is 5.91. The predicted molar refractivity (Wildman–Crippen MR) is 100 cm³/mol. The molecule has 0 aliphatic carbocycles. The normalized spacial score (nSPS) is 17.3. The number of likely N-dealkylation sites (tertiary alicyclic amines) is 1. The minimum atomic E-state index is -0.382. The molecule has 3 aromatic rings. The van der Waals surface area contributed by atoms with Gasteiger partial charge in [-0.15, -0.1) is 0 Å². The van der Waals surface area contributed by atoms with Gasteiger partial charge in [-0.1, -0.05) is 17.3 Å². The molecule has 3 heterocycles. The summed E-state index contributed by atoms with van der Waals surface area (Å²) >= 11 is 0. The van der Waals surface area contributed by atoms with E-state index < -0.39 is 0 Å². The van der Waals surface area contributed by atoms with Crippen LogP contribution in [0.2, 0.25) is 0 Å². The van der Waals surface area contributed by atoms with E-state index in [9.17, 15) is 9.18 Å². The third-order valence-corrected chi connectivity index (χ3v) is 4.81. The van der Waals surface area contributed by atoms with Crippen LogP contribution in [0, 0.1) is 11.7 Å². The van der Waals surface area contributed by atoms with Crippen LogP contribution >= 0.6 is 0 Å². The van der Waals surface area contributed by atoms with Crippen LogP contribution in [0.5, 0.6) is 0 Å². The molecule has 0 radical (unpaired) electrons. The van der Waals surface area contributed by atoms with Crippen LogP contribution in [0.4, 0.5) is 4.39 Å². The van der Waals surface area contributed by atoms with Crippen molar-refractivity contribution in [3.63, 3.8) is 0 Å². The summed E-state index contributed by atoms with van der Waals surface area (Å²) < 4.78 is 24.4. The lowest BCUT2D eigenvalue weighted by molar-refractivity contribution is -0.127. The van der Waals surface area contributed by atoms with Gasteiger partial charge in [0.15, 0.2) is 0 Å². The van der Waals surface area contributed by atoms with Gasteiger partial charge in [-0.2, -0.15) is 4.98 Å². The summed E-state index contributed by atoms with van der Waals surface area (Å²) in [6.07, 6.45) is 7.23. The lowest BCUT2D eigenvalue weighted by atomic mass is 9.94. The van der Waals surface area contributed by atoms with Gasteiger partial charge >= 0.3 is 0 Å². The molecule has 0 bridgehead atoms. The molecule has 2 aromatic heterocycles. The van der Waals surface area contributed by atoms with E-state index in [4.69, 9.17) is 8.94 Å². The van der Waals surface area contributed by atoms with Crippen LogP contribution in [-0.2, 0) is 11.2 Å². The summed E-state index contributed by atoms with van der Waals surface area (Å²) in [5, 5.41) is 3.90. The van der Waals surface area contributed by atoms with Gasteiger partial charge in [-0.3, -0.25) is 4.79 Å². The molecular formula is C21H20FN3O3. The van der Waals surface area contributed by atoms with E-state index >= 15 is 0 Å². The zero-order chi connectivity index (χ0) is 19.3.